The first kappa shape index (κ1) is 20.1. The van der Waals surface area contributed by atoms with Crippen molar-refractivity contribution in [1.82, 2.24) is 10.9 Å². The van der Waals surface area contributed by atoms with Gasteiger partial charge < -0.3 is 0 Å². The smallest absolute Gasteiger partial charge is 0.273 e. The molecule has 0 aliphatic carbocycles. The Labute approximate surface area is 122 Å². The maximum Gasteiger partial charge on any atom is 0.275 e. The molecule has 5 heteroatoms. The second kappa shape index (κ2) is 14.8. The van der Waals surface area contributed by atoms with Crippen molar-refractivity contribution in [3.05, 3.63) is 23.6 Å². The molecular formula is C14H26N2O2S. The molecular weight excluding hydrogens is 260 g/mol. The Kier molecular flexibility index (Phi) is 15.7. The molecule has 2 N–H and O–H groups in total. The average Bonchev–Trinajstić information content (AvgIpc) is 2.43. The number of hydrogen-bond acceptors (Lipinski definition) is 3. The van der Waals surface area contributed by atoms with Crippen LogP contribution in [0.1, 0.15) is 52.9 Å². The lowest BCUT2D eigenvalue weighted by Gasteiger charge is -2.06. The van der Waals surface area contributed by atoms with Gasteiger partial charge in [0.1, 0.15) is 0 Å². The Morgan fingerprint density at radius 3 is 2.32 bits per heavy atom. The second-order valence-corrected chi connectivity index (χ2v) is 4.08. The summed E-state index contributed by atoms with van der Waals surface area (Å²) >= 11 is 3.93. The van der Waals surface area contributed by atoms with Crippen LogP contribution in [0.4, 0.5) is 0 Å². The van der Waals surface area contributed by atoms with Crippen LogP contribution in [-0.2, 0) is 9.59 Å². The summed E-state index contributed by atoms with van der Waals surface area (Å²) in [6.45, 7) is 9.56. The van der Waals surface area contributed by atoms with Crippen LogP contribution in [0.25, 0.3) is 0 Å². The molecule has 0 rings (SSSR count). The van der Waals surface area contributed by atoms with E-state index in [0.717, 1.165) is 25.7 Å². The minimum atomic E-state index is -0.449. The molecule has 0 aliphatic rings. The zero-order chi connectivity index (χ0) is 15.1. The Morgan fingerprint density at radius 2 is 1.79 bits per heavy atom. The van der Waals surface area contributed by atoms with Gasteiger partial charge >= 0.3 is 0 Å². The molecule has 4 nitrogen and oxygen atoms in total. The van der Waals surface area contributed by atoms with E-state index in [1.807, 2.05) is 13.8 Å². The van der Waals surface area contributed by atoms with E-state index < -0.39 is 5.91 Å². The van der Waals surface area contributed by atoms with Gasteiger partial charge in [0.05, 0.1) is 4.91 Å². The van der Waals surface area contributed by atoms with Gasteiger partial charge in [0, 0.05) is 6.42 Å². The average molecular weight is 286 g/mol. The molecule has 0 unspecified atom stereocenters. The van der Waals surface area contributed by atoms with Gasteiger partial charge in [-0.1, -0.05) is 52.7 Å². The Bertz CT molecular complexity index is 302. The van der Waals surface area contributed by atoms with E-state index in [1.165, 1.54) is 12.2 Å². The summed E-state index contributed by atoms with van der Waals surface area (Å²) in [6.07, 6.45) is 7.46. The zero-order valence-electron chi connectivity index (χ0n) is 12.2. The molecule has 0 saturated heterocycles. The highest BCUT2D eigenvalue weighted by Gasteiger charge is 2.05. The first-order chi connectivity index (χ1) is 9.11. The number of thiol groups is 1. The number of rotatable bonds is 7. The van der Waals surface area contributed by atoms with Gasteiger partial charge in [-0.15, -0.1) is 12.6 Å². The highest BCUT2D eigenvalue weighted by molar-refractivity contribution is 7.85. The van der Waals surface area contributed by atoms with E-state index in [1.54, 1.807) is 0 Å². The first-order valence-corrected chi connectivity index (χ1v) is 7.17. The SMILES string of the molecule is C=C/C=C(\S)C(=O)NNC(=O)CCCCCC.CC. The Balaban J connectivity index is 0. The summed E-state index contributed by atoms with van der Waals surface area (Å²) in [6, 6.07) is 0. The topological polar surface area (TPSA) is 58.2 Å². The molecule has 0 bridgehead atoms. The summed E-state index contributed by atoms with van der Waals surface area (Å²) < 4.78 is 0. The van der Waals surface area contributed by atoms with Crippen molar-refractivity contribution in [2.24, 2.45) is 0 Å². The highest BCUT2D eigenvalue weighted by atomic mass is 32.1. The molecule has 19 heavy (non-hydrogen) atoms. The van der Waals surface area contributed by atoms with Gasteiger partial charge in [-0.2, -0.15) is 0 Å². The van der Waals surface area contributed by atoms with E-state index in [9.17, 15) is 9.59 Å². The van der Waals surface area contributed by atoms with Crippen LogP contribution in [0.5, 0.6) is 0 Å². The van der Waals surface area contributed by atoms with Crippen LogP contribution < -0.4 is 10.9 Å². The summed E-state index contributed by atoms with van der Waals surface area (Å²) in [5, 5.41) is 0. The molecule has 0 aromatic carbocycles. The van der Waals surface area contributed by atoms with Crippen LogP contribution in [0, 0.1) is 0 Å². The largest absolute Gasteiger partial charge is 0.275 e. The molecule has 0 fully saturated rings. The highest BCUT2D eigenvalue weighted by Crippen LogP contribution is 2.02. The fraction of sp³-hybridized carbons (Fsp3) is 0.571. The van der Waals surface area contributed by atoms with Crippen molar-refractivity contribution >= 4 is 24.4 Å². The Morgan fingerprint density at radius 1 is 1.16 bits per heavy atom. The van der Waals surface area contributed by atoms with Gasteiger partial charge in [0.25, 0.3) is 5.91 Å². The fourth-order valence-corrected chi connectivity index (χ4v) is 1.31. The van der Waals surface area contributed by atoms with Crippen LogP contribution >= 0.6 is 12.6 Å². The fourth-order valence-electron chi connectivity index (χ4n) is 1.15. The predicted molar refractivity (Wildman–Crippen MR) is 83.7 cm³/mol. The lowest BCUT2D eigenvalue weighted by atomic mass is 10.1. The van der Waals surface area contributed by atoms with Gasteiger partial charge in [0.2, 0.25) is 5.91 Å². The van der Waals surface area contributed by atoms with Gasteiger partial charge in [0.15, 0.2) is 0 Å². The number of carbonyl (C=O) groups excluding carboxylic acids is 2. The number of hydrazine groups is 1. The van der Waals surface area contributed by atoms with Crippen molar-refractivity contribution < 1.29 is 9.59 Å². The monoisotopic (exact) mass is 286 g/mol. The molecule has 0 aromatic rings. The van der Waals surface area contributed by atoms with Crippen LogP contribution in [0.3, 0.4) is 0 Å². The summed E-state index contributed by atoms with van der Waals surface area (Å²) in [7, 11) is 0. The minimum Gasteiger partial charge on any atom is -0.273 e. The number of unbranched alkanes of at least 4 members (excludes halogenated alkanes) is 3. The standard InChI is InChI=1S/C12H20N2O2S.C2H6/c1-3-5-6-7-9-11(15)13-14-12(16)10(17)8-4-2;1-2/h4,8,17H,2-3,5-7,9H2,1H3,(H,13,15)(H,14,16);1-2H3/b10-8-;. The lowest BCUT2D eigenvalue weighted by Crippen LogP contribution is -2.41. The predicted octanol–water partition coefficient (Wildman–Crippen LogP) is 3.13. The summed E-state index contributed by atoms with van der Waals surface area (Å²) in [5.41, 5.74) is 4.61. The quantitative estimate of drug-likeness (QED) is 0.221. The van der Waals surface area contributed by atoms with Crippen molar-refractivity contribution in [3.63, 3.8) is 0 Å². The van der Waals surface area contributed by atoms with E-state index in [4.69, 9.17) is 0 Å². The van der Waals surface area contributed by atoms with Crippen LogP contribution in [0.15, 0.2) is 23.6 Å². The number of allylic oxidation sites excluding steroid dienone is 2. The third-order valence-electron chi connectivity index (χ3n) is 2.08. The van der Waals surface area contributed by atoms with E-state index >= 15 is 0 Å². The second-order valence-electron chi connectivity index (χ2n) is 3.60. The molecule has 0 aromatic heterocycles. The van der Waals surface area contributed by atoms with Crippen molar-refractivity contribution in [3.8, 4) is 0 Å². The molecule has 0 saturated carbocycles. The van der Waals surface area contributed by atoms with Crippen molar-refractivity contribution in [2.45, 2.75) is 52.9 Å². The normalized spacial score (nSPS) is 10.0. The molecule has 0 atom stereocenters. The minimum absolute atomic E-state index is 0.186. The number of hydrogen-bond donors (Lipinski definition) is 3. The lowest BCUT2D eigenvalue weighted by molar-refractivity contribution is -0.126. The first-order valence-electron chi connectivity index (χ1n) is 6.72. The van der Waals surface area contributed by atoms with E-state index in [2.05, 4.69) is 37.0 Å². The van der Waals surface area contributed by atoms with E-state index in [-0.39, 0.29) is 10.8 Å². The Hall–Kier alpha value is -1.23. The number of nitrogens with one attached hydrogen (secondary N) is 2. The summed E-state index contributed by atoms with van der Waals surface area (Å²) in [4.78, 5) is 22.8. The number of carbonyl (C=O) groups is 2. The summed E-state index contributed by atoms with van der Waals surface area (Å²) in [5.74, 6) is -0.635. The van der Waals surface area contributed by atoms with Crippen LogP contribution in [-0.4, -0.2) is 11.8 Å². The third-order valence-corrected chi connectivity index (χ3v) is 2.43. The maximum absolute atomic E-state index is 11.3. The molecule has 0 radical (unpaired) electrons. The molecule has 0 aliphatic heterocycles. The van der Waals surface area contributed by atoms with Gasteiger partial charge in [-0.25, -0.2) is 0 Å². The van der Waals surface area contributed by atoms with E-state index in [0.29, 0.717) is 6.42 Å². The number of amides is 2. The van der Waals surface area contributed by atoms with Gasteiger partial charge in [-0.05, 0) is 12.5 Å². The molecule has 0 heterocycles. The maximum atomic E-state index is 11.3. The van der Waals surface area contributed by atoms with Crippen LogP contribution in [0.2, 0.25) is 0 Å². The molecule has 110 valence electrons. The third kappa shape index (κ3) is 13.0. The zero-order valence-corrected chi connectivity index (χ0v) is 13.1. The van der Waals surface area contributed by atoms with Gasteiger partial charge in [-0.3, -0.25) is 20.4 Å². The van der Waals surface area contributed by atoms with Crippen molar-refractivity contribution in [2.75, 3.05) is 0 Å². The van der Waals surface area contributed by atoms with Crippen molar-refractivity contribution in [1.29, 1.82) is 0 Å². The molecule has 0 spiro atoms. The molecule has 2 amide bonds.